The summed E-state index contributed by atoms with van der Waals surface area (Å²) in [5, 5.41) is 12.4. The van der Waals surface area contributed by atoms with E-state index in [1.165, 1.54) is 0 Å². The molecule has 1 aromatic heterocycles. The standard InChI is InChI=1S/C27H28N4O2/c1-18-9-5-8-12-22(18)31-24(16-23(30-31)27(2,3)4)29-25(32)17-28-26(33)21-14-13-19-10-6-7-11-20(19)15-21/h5-16H,17H2,1-4H3,(H,28,33)(H,29,32). The molecule has 2 amide bonds. The van der Waals surface area contributed by atoms with Crippen LogP contribution in [0.1, 0.15) is 42.4 Å². The van der Waals surface area contributed by atoms with Crippen LogP contribution in [-0.4, -0.2) is 28.1 Å². The SMILES string of the molecule is Cc1ccccc1-n1nc(C(C)(C)C)cc1NC(=O)CNC(=O)c1ccc2ccccc2c1. The third-order valence-corrected chi connectivity index (χ3v) is 5.51. The maximum absolute atomic E-state index is 12.7. The van der Waals surface area contributed by atoms with Gasteiger partial charge in [0.15, 0.2) is 0 Å². The number of hydrogen-bond donors (Lipinski definition) is 2. The van der Waals surface area contributed by atoms with Crippen LogP contribution in [0.5, 0.6) is 0 Å². The first-order valence-corrected chi connectivity index (χ1v) is 11.0. The molecule has 0 unspecified atom stereocenters. The lowest BCUT2D eigenvalue weighted by atomic mass is 9.92. The van der Waals surface area contributed by atoms with Crippen molar-refractivity contribution in [3.63, 3.8) is 0 Å². The molecule has 33 heavy (non-hydrogen) atoms. The van der Waals surface area contributed by atoms with Crippen molar-refractivity contribution in [3.05, 3.63) is 89.6 Å². The minimum absolute atomic E-state index is 0.143. The van der Waals surface area contributed by atoms with Crippen molar-refractivity contribution in [3.8, 4) is 5.69 Å². The number of carbonyl (C=O) groups is 2. The van der Waals surface area contributed by atoms with Gasteiger partial charge in [-0.05, 0) is 41.5 Å². The molecule has 0 saturated carbocycles. The maximum Gasteiger partial charge on any atom is 0.251 e. The Kier molecular flexibility index (Phi) is 6.01. The number of rotatable bonds is 5. The van der Waals surface area contributed by atoms with E-state index in [1.807, 2.05) is 73.7 Å². The van der Waals surface area contributed by atoms with Crippen LogP contribution < -0.4 is 10.6 Å². The number of carbonyl (C=O) groups excluding carboxylic acids is 2. The van der Waals surface area contributed by atoms with Crippen LogP contribution in [0.4, 0.5) is 5.82 Å². The van der Waals surface area contributed by atoms with E-state index >= 15 is 0 Å². The molecule has 2 N–H and O–H groups in total. The smallest absolute Gasteiger partial charge is 0.251 e. The lowest BCUT2D eigenvalue weighted by Crippen LogP contribution is -2.33. The summed E-state index contributed by atoms with van der Waals surface area (Å²) in [5.74, 6) is -0.0443. The third kappa shape index (κ3) is 4.95. The molecule has 3 aromatic carbocycles. The molecule has 4 aromatic rings. The molecule has 168 valence electrons. The van der Waals surface area contributed by atoms with Gasteiger partial charge < -0.3 is 10.6 Å². The highest BCUT2D eigenvalue weighted by Crippen LogP contribution is 2.27. The molecule has 6 heteroatoms. The molecule has 0 spiro atoms. The van der Waals surface area contributed by atoms with Gasteiger partial charge in [0.2, 0.25) is 5.91 Å². The normalized spacial score (nSPS) is 11.4. The van der Waals surface area contributed by atoms with Gasteiger partial charge in [-0.3, -0.25) is 9.59 Å². The summed E-state index contributed by atoms with van der Waals surface area (Å²) in [6.45, 7) is 8.09. The van der Waals surface area contributed by atoms with E-state index in [-0.39, 0.29) is 23.8 Å². The summed E-state index contributed by atoms with van der Waals surface area (Å²) in [4.78, 5) is 25.3. The molecule has 0 aliphatic carbocycles. The second-order valence-corrected chi connectivity index (χ2v) is 9.16. The molecule has 0 aliphatic heterocycles. The fourth-order valence-electron chi connectivity index (χ4n) is 3.60. The summed E-state index contributed by atoms with van der Waals surface area (Å²) >= 11 is 0. The van der Waals surface area contributed by atoms with Crippen LogP contribution in [-0.2, 0) is 10.2 Å². The van der Waals surface area contributed by atoms with Crippen LogP contribution >= 0.6 is 0 Å². The van der Waals surface area contributed by atoms with E-state index < -0.39 is 0 Å². The zero-order valence-corrected chi connectivity index (χ0v) is 19.3. The first-order chi connectivity index (χ1) is 15.7. The number of amides is 2. The van der Waals surface area contributed by atoms with Gasteiger partial charge in [0.25, 0.3) is 5.91 Å². The zero-order valence-electron chi connectivity index (χ0n) is 19.3. The van der Waals surface area contributed by atoms with E-state index in [1.54, 1.807) is 10.7 Å². The number of anilines is 1. The van der Waals surface area contributed by atoms with Crippen LogP contribution in [0.3, 0.4) is 0 Å². The average Bonchev–Trinajstić information content (AvgIpc) is 3.21. The van der Waals surface area contributed by atoms with E-state index in [0.29, 0.717) is 11.4 Å². The molecule has 6 nitrogen and oxygen atoms in total. The molecular formula is C27H28N4O2. The van der Waals surface area contributed by atoms with Crippen molar-refractivity contribution in [2.45, 2.75) is 33.1 Å². The minimum Gasteiger partial charge on any atom is -0.343 e. The molecular weight excluding hydrogens is 412 g/mol. The summed E-state index contributed by atoms with van der Waals surface area (Å²) in [6.07, 6.45) is 0. The van der Waals surface area contributed by atoms with Gasteiger partial charge in [-0.1, -0.05) is 69.3 Å². The average molecular weight is 441 g/mol. The Hall–Kier alpha value is -3.93. The largest absolute Gasteiger partial charge is 0.343 e. The molecule has 0 saturated heterocycles. The number of benzene rings is 3. The second-order valence-electron chi connectivity index (χ2n) is 9.16. The second kappa shape index (κ2) is 8.90. The predicted octanol–water partition coefficient (Wildman–Crippen LogP) is 5.00. The van der Waals surface area contributed by atoms with Crippen molar-refractivity contribution in [1.29, 1.82) is 0 Å². The lowest BCUT2D eigenvalue weighted by Gasteiger charge is -2.14. The number of fused-ring (bicyclic) bond motifs is 1. The highest BCUT2D eigenvalue weighted by atomic mass is 16.2. The monoisotopic (exact) mass is 440 g/mol. The number of para-hydroxylation sites is 1. The molecule has 0 radical (unpaired) electrons. The van der Waals surface area contributed by atoms with Crippen molar-refractivity contribution >= 4 is 28.4 Å². The van der Waals surface area contributed by atoms with Crippen molar-refractivity contribution in [2.75, 3.05) is 11.9 Å². The van der Waals surface area contributed by atoms with Gasteiger partial charge in [-0.2, -0.15) is 5.10 Å². The Bertz CT molecular complexity index is 1330. The zero-order chi connectivity index (χ0) is 23.6. The third-order valence-electron chi connectivity index (χ3n) is 5.51. The minimum atomic E-state index is -0.320. The van der Waals surface area contributed by atoms with Gasteiger partial charge in [-0.15, -0.1) is 0 Å². The van der Waals surface area contributed by atoms with Gasteiger partial charge in [0.05, 0.1) is 17.9 Å². The summed E-state index contributed by atoms with van der Waals surface area (Å²) in [7, 11) is 0. The summed E-state index contributed by atoms with van der Waals surface area (Å²) < 4.78 is 1.75. The first kappa shape index (κ1) is 22.3. The molecule has 0 fully saturated rings. The summed E-state index contributed by atoms with van der Waals surface area (Å²) in [5.41, 5.74) is 3.13. The predicted molar refractivity (Wildman–Crippen MR) is 132 cm³/mol. The molecule has 0 aliphatic rings. The fourth-order valence-corrected chi connectivity index (χ4v) is 3.60. The fraction of sp³-hybridized carbons (Fsp3) is 0.222. The van der Waals surface area contributed by atoms with E-state index in [2.05, 4.69) is 31.4 Å². The first-order valence-electron chi connectivity index (χ1n) is 11.0. The molecule has 4 rings (SSSR count). The number of nitrogens with zero attached hydrogens (tertiary/aromatic N) is 2. The number of hydrogen-bond acceptors (Lipinski definition) is 3. The molecule has 0 atom stereocenters. The Morgan fingerprint density at radius 2 is 1.61 bits per heavy atom. The van der Waals surface area contributed by atoms with Gasteiger partial charge in [0.1, 0.15) is 5.82 Å². The Morgan fingerprint density at radius 3 is 2.33 bits per heavy atom. The maximum atomic E-state index is 12.7. The Balaban J connectivity index is 1.50. The van der Waals surface area contributed by atoms with E-state index in [4.69, 9.17) is 5.10 Å². The van der Waals surface area contributed by atoms with Crippen molar-refractivity contribution in [2.24, 2.45) is 0 Å². The van der Waals surface area contributed by atoms with E-state index in [9.17, 15) is 9.59 Å². The highest BCUT2D eigenvalue weighted by molar-refractivity contribution is 6.01. The van der Waals surface area contributed by atoms with Crippen LogP contribution in [0, 0.1) is 6.92 Å². The number of nitrogens with one attached hydrogen (secondary N) is 2. The summed E-state index contributed by atoms with van der Waals surface area (Å²) in [6, 6.07) is 23.1. The quantitative estimate of drug-likeness (QED) is 0.459. The van der Waals surface area contributed by atoms with Crippen LogP contribution in [0.25, 0.3) is 16.5 Å². The molecule has 0 bridgehead atoms. The van der Waals surface area contributed by atoms with Gasteiger partial charge in [0, 0.05) is 17.0 Å². The van der Waals surface area contributed by atoms with Gasteiger partial charge in [-0.25, -0.2) is 4.68 Å². The lowest BCUT2D eigenvalue weighted by molar-refractivity contribution is -0.115. The molecule has 1 heterocycles. The highest BCUT2D eigenvalue weighted by Gasteiger charge is 2.22. The van der Waals surface area contributed by atoms with Gasteiger partial charge >= 0.3 is 0 Å². The van der Waals surface area contributed by atoms with Crippen LogP contribution in [0.2, 0.25) is 0 Å². The van der Waals surface area contributed by atoms with E-state index in [0.717, 1.165) is 27.7 Å². The Labute approximate surface area is 193 Å². The Morgan fingerprint density at radius 1 is 0.909 bits per heavy atom. The van der Waals surface area contributed by atoms with Crippen molar-refractivity contribution < 1.29 is 9.59 Å². The van der Waals surface area contributed by atoms with Crippen molar-refractivity contribution in [1.82, 2.24) is 15.1 Å². The van der Waals surface area contributed by atoms with Crippen LogP contribution in [0.15, 0.2) is 72.8 Å². The number of aryl methyl sites for hydroxylation is 1. The topological polar surface area (TPSA) is 76.0 Å². The number of aromatic nitrogens is 2.